The molecule has 0 fully saturated rings. The maximum absolute atomic E-state index is 14.6. The molecule has 8 rings (SSSR count). The Morgan fingerprint density at radius 2 is 1.43 bits per heavy atom. The van der Waals surface area contributed by atoms with Gasteiger partial charge in [-0.05, 0) is 83.2 Å². The highest BCUT2D eigenvalue weighted by Gasteiger charge is 2.57. The van der Waals surface area contributed by atoms with Crippen molar-refractivity contribution in [1.29, 1.82) is 0 Å². The third kappa shape index (κ3) is 4.63. The largest absolute Gasteiger partial charge is 0.507 e. The lowest BCUT2D eigenvalue weighted by molar-refractivity contribution is 0.0675. The number of ether oxygens (including phenoxy) is 1. The lowest BCUT2D eigenvalue weighted by Crippen LogP contribution is -2.44. The molecule has 0 unspecified atom stereocenters. The van der Waals surface area contributed by atoms with Gasteiger partial charge < -0.3 is 24.5 Å². The van der Waals surface area contributed by atoms with Gasteiger partial charge >= 0.3 is 0 Å². The SMILES string of the molecule is CCN(CC)c1ccc2c(c1)Oc1cc(N(CC)CC)ccc1C21c2ccccc2C(=O)N1/N=C/c1cc2c3c(c1O)CCCN3CCC2. The maximum atomic E-state index is 14.6. The molecule has 49 heavy (non-hydrogen) atoms. The fourth-order valence-electron chi connectivity index (χ4n) is 8.73. The Morgan fingerprint density at radius 3 is 2.06 bits per heavy atom. The molecule has 1 amide bonds. The third-order valence-corrected chi connectivity index (χ3v) is 11.1. The van der Waals surface area contributed by atoms with Crippen LogP contribution in [0, 0.1) is 0 Å². The Labute approximate surface area is 289 Å². The van der Waals surface area contributed by atoms with Crippen LogP contribution in [0.15, 0.2) is 71.8 Å². The van der Waals surface area contributed by atoms with Crippen molar-refractivity contribution in [3.05, 3.63) is 106 Å². The molecule has 0 saturated heterocycles. The first-order valence-corrected chi connectivity index (χ1v) is 18.0. The molecule has 4 aromatic rings. The molecule has 0 bridgehead atoms. The monoisotopic (exact) mass is 655 g/mol. The second kappa shape index (κ2) is 12.2. The topological polar surface area (TPSA) is 71.8 Å². The zero-order valence-electron chi connectivity index (χ0n) is 29.0. The number of aryl methyl sites for hydroxylation is 1. The second-order valence-electron chi connectivity index (χ2n) is 13.4. The van der Waals surface area contributed by atoms with E-state index < -0.39 is 5.54 Å². The fraction of sp³-hybridized carbons (Fsp3) is 0.366. The first-order chi connectivity index (χ1) is 23.9. The number of carbonyl (C=O) groups excluding carboxylic acids is 1. The number of rotatable bonds is 8. The van der Waals surface area contributed by atoms with Gasteiger partial charge in [-0.15, -0.1) is 0 Å². The number of phenols is 1. The van der Waals surface area contributed by atoms with E-state index in [4.69, 9.17) is 9.84 Å². The number of carbonyl (C=O) groups is 1. The summed E-state index contributed by atoms with van der Waals surface area (Å²) in [5.41, 5.74) is 8.37. The minimum atomic E-state index is -1.08. The summed E-state index contributed by atoms with van der Waals surface area (Å²) in [4.78, 5) is 21.6. The molecule has 0 atom stereocenters. The number of hydrogen-bond acceptors (Lipinski definition) is 7. The number of nitrogens with zero attached hydrogens (tertiary/aromatic N) is 5. The van der Waals surface area contributed by atoms with Crippen LogP contribution in [0.1, 0.15) is 84.3 Å². The van der Waals surface area contributed by atoms with Crippen LogP contribution in [-0.4, -0.2) is 61.5 Å². The number of hydrazone groups is 1. The molecule has 0 aliphatic carbocycles. The maximum Gasteiger partial charge on any atom is 0.275 e. The highest BCUT2D eigenvalue weighted by Crippen LogP contribution is 2.58. The molecule has 1 N–H and O–H groups in total. The Balaban J connectivity index is 1.35. The van der Waals surface area contributed by atoms with Crippen molar-refractivity contribution < 1.29 is 14.6 Å². The predicted molar refractivity (Wildman–Crippen MR) is 197 cm³/mol. The van der Waals surface area contributed by atoms with E-state index in [-0.39, 0.29) is 11.7 Å². The molecular weight excluding hydrogens is 610 g/mol. The molecule has 8 heteroatoms. The molecule has 252 valence electrons. The lowest BCUT2D eigenvalue weighted by Gasteiger charge is -2.42. The van der Waals surface area contributed by atoms with Gasteiger partial charge in [0.1, 0.15) is 22.8 Å². The summed E-state index contributed by atoms with van der Waals surface area (Å²) >= 11 is 0. The average Bonchev–Trinajstić information content (AvgIpc) is 3.37. The minimum absolute atomic E-state index is 0.184. The number of amides is 1. The van der Waals surface area contributed by atoms with E-state index in [0.29, 0.717) is 22.6 Å². The van der Waals surface area contributed by atoms with Gasteiger partial charge in [-0.3, -0.25) is 4.79 Å². The molecule has 0 radical (unpaired) electrons. The zero-order chi connectivity index (χ0) is 33.9. The summed E-state index contributed by atoms with van der Waals surface area (Å²) in [7, 11) is 0. The quantitative estimate of drug-likeness (QED) is 0.197. The van der Waals surface area contributed by atoms with Crippen LogP contribution in [0.3, 0.4) is 0 Å². The Kier molecular flexibility index (Phi) is 7.77. The van der Waals surface area contributed by atoms with Crippen LogP contribution in [-0.2, 0) is 18.4 Å². The van der Waals surface area contributed by atoms with Gasteiger partial charge in [-0.1, -0.05) is 30.3 Å². The normalized spacial score (nSPS) is 16.7. The van der Waals surface area contributed by atoms with Crippen LogP contribution in [0.4, 0.5) is 17.1 Å². The molecule has 4 aliphatic heterocycles. The number of benzene rings is 4. The molecule has 4 aromatic carbocycles. The molecule has 0 saturated carbocycles. The van der Waals surface area contributed by atoms with Crippen LogP contribution >= 0.6 is 0 Å². The average molecular weight is 656 g/mol. The van der Waals surface area contributed by atoms with Crippen molar-refractivity contribution in [1.82, 2.24) is 5.01 Å². The molecular formula is C41H45N5O3. The standard InChI is InChI=1S/C41H45N5O3/c1-5-43(6-2)29-17-19-34-36(24-29)49-37-25-30(44(7-3)8-4)18-20-35(37)41(34)33-16-10-9-14-31(33)40(48)46(41)42-26-28-23-27-13-11-21-45-22-12-15-32(38(27)45)39(28)47/h9-10,14,16-20,23-26,47H,5-8,11-13,15,21-22H2,1-4H3/b42-26+. The number of fused-ring (bicyclic) bond motifs is 6. The summed E-state index contributed by atoms with van der Waals surface area (Å²) in [6, 6.07) is 22.6. The van der Waals surface area contributed by atoms with Gasteiger partial charge in [-0.25, -0.2) is 5.01 Å². The number of phenolic OH excluding ortho intramolecular Hbond substituents is 1. The summed E-state index contributed by atoms with van der Waals surface area (Å²) < 4.78 is 6.83. The number of aromatic hydroxyl groups is 1. The molecule has 1 spiro atoms. The van der Waals surface area contributed by atoms with Gasteiger partial charge in [0, 0.05) is 102 Å². The summed E-state index contributed by atoms with van der Waals surface area (Å²) in [5, 5.41) is 18.4. The highest BCUT2D eigenvalue weighted by molar-refractivity contribution is 6.03. The summed E-state index contributed by atoms with van der Waals surface area (Å²) in [6.07, 6.45) is 5.62. The third-order valence-electron chi connectivity index (χ3n) is 11.1. The predicted octanol–water partition coefficient (Wildman–Crippen LogP) is 7.67. The first-order valence-electron chi connectivity index (χ1n) is 18.0. The Morgan fingerprint density at radius 1 is 0.816 bits per heavy atom. The van der Waals surface area contributed by atoms with Crippen molar-refractivity contribution in [3.8, 4) is 17.2 Å². The van der Waals surface area contributed by atoms with Crippen LogP contribution < -0.4 is 19.4 Å². The van der Waals surface area contributed by atoms with Crippen molar-refractivity contribution in [2.45, 2.75) is 58.9 Å². The molecule has 8 nitrogen and oxygen atoms in total. The van der Waals surface area contributed by atoms with Crippen molar-refractivity contribution in [2.24, 2.45) is 5.10 Å². The minimum Gasteiger partial charge on any atom is -0.507 e. The van der Waals surface area contributed by atoms with E-state index in [1.165, 1.54) is 11.3 Å². The Hall–Kier alpha value is -4.98. The lowest BCUT2D eigenvalue weighted by atomic mass is 9.75. The van der Waals surface area contributed by atoms with Gasteiger partial charge in [-0.2, -0.15) is 5.10 Å². The molecule has 4 heterocycles. The highest BCUT2D eigenvalue weighted by atomic mass is 16.5. The van der Waals surface area contributed by atoms with Crippen molar-refractivity contribution in [3.63, 3.8) is 0 Å². The summed E-state index contributed by atoms with van der Waals surface area (Å²) in [6.45, 7) is 14.1. The number of hydrogen-bond donors (Lipinski definition) is 1. The van der Waals surface area contributed by atoms with Crippen LogP contribution in [0.5, 0.6) is 17.2 Å². The van der Waals surface area contributed by atoms with Gasteiger partial charge in [0.2, 0.25) is 0 Å². The van der Waals surface area contributed by atoms with Crippen LogP contribution in [0.2, 0.25) is 0 Å². The van der Waals surface area contributed by atoms with Gasteiger partial charge in [0.15, 0.2) is 0 Å². The van der Waals surface area contributed by atoms with Gasteiger partial charge in [0.25, 0.3) is 5.91 Å². The summed E-state index contributed by atoms with van der Waals surface area (Å²) in [5.74, 6) is 1.50. The molecule has 4 aliphatic rings. The van der Waals surface area contributed by atoms with Gasteiger partial charge in [0.05, 0.1) is 6.21 Å². The van der Waals surface area contributed by atoms with E-state index in [0.717, 1.165) is 98.6 Å². The zero-order valence-corrected chi connectivity index (χ0v) is 29.0. The van der Waals surface area contributed by atoms with Crippen LogP contribution in [0.25, 0.3) is 0 Å². The van der Waals surface area contributed by atoms with E-state index >= 15 is 0 Å². The second-order valence-corrected chi connectivity index (χ2v) is 13.4. The van der Waals surface area contributed by atoms with E-state index in [9.17, 15) is 9.90 Å². The van der Waals surface area contributed by atoms with E-state index in [2.05, 4.69) is 84.9 Å². The smallest absolute Gasteiger partial charge is 0.275 e. The van der Waals surface area contributed by atoms with E-state index in [1.54, 1.807) is 11.2 Å². The Bertz CT molecular complexity index is 1910. The van der Waals surface area contributed by atoms with Crippen molar-refractivity contribution in [2.75, 3.05) is 54.0 Å². The fourth-order valence-corrected chi connectivity index (χ4v) is 8.73. The van der Waals surface area contributed by atoms with E-state index in [1.807, 2.05) is 24.3 Å². The number of anilines is 3. The first kappa shape index (κ1) is 31.3. The molecule has 0 aromatic heterocycles. The van der Waals surface area contributed by atoms with Crippen molar-refractivity contribution >= 4 is 29.2 Å².